The first kappa shape index (κ1) is 15.0. The van der Waals surface area contributed by atoms with Crippen molar-refractivity contribution in [3.8, 4) is 0 Å². The Morgan fingerprint density at radius 2 is 1.89 bits per heavy atom. The molecule has 0 spiro atoms. The van der Waals surface area contributed by atoms with Gasteiger partial charge in [0.15, 0.2) is 0 Å². The Morgan fingerprint density at radius 1 is 1.32 bits per heavy atom. The maximum Gasteiger partial charge on any atom is 0.326 e. The van der Waals surface area contributed by atoms with Gasteiger partial charge in [0, 0.05) is 25.8 Å². The second kappa shape index (κ2) is 6.75. The van der Waals surface area contributed by atoms with Gasteiger partial charge in [-0.3, -0.25) is 4.90 Å². The van der Waals surface area contributed by atoms with Crippen LogP contribution >= 0.6 is 0 Å². The van der Waals surface area contributed by atoms with Gasteiger partial charge >= 0.3 is 12.0 Å². The number of carbonyl (C=O) groups is 2. The first-order valence-corrected chi connectivity index (χ1v) is 5.90. The number of hydrogen-bond acceptors (Lipinski definition) is 3. The number of aliphatic carboxylic acids is 1. The molecule has 3 N–H and O–H groups in total. The van der Waals surface area contributed by atoms with Gasteiger partial charge in [-0.15, -0.1) is 0 Å². The Balaban J connectivity index is 2.71. The number of nitrogens with one attached hydrogen (secondary N) is 1. The molecule has 1 atom stereocenters. The fraction of sp³-hybridized carbons (Fsp3) is 0.385. The van der Waals surface area contributed by atoms with Crippen LogP contribution in [0.1, 0.15) is 12.0 Å². The minimum absolute atomic E-state index is 0.0250. The molecule has 104 valence electrons. The molecule has 6 heteroatoms. The summed E-state index contributed by atoms with van der Waals surface area (Å²) in [5.41, 5.74) is 1.73. The molecule has 0 saturated heterocycles. The average molecular weight is 266 g/mol. The highest BCUT2D eigenvalue weighted by atomic mass is 16.4. The third kappa shape index (κ3) is 4.26. The van der Waals surface area contributed by atoms with Crippen molar-refractivity contribution in [1.82, 2.24) is 5.32 Å². The zero-order valence-corrected chi connectivity index (χ0v) is 11.0. The predicted molar refractivity (Wildman–Crippen MR) is 71.2 cm³/mol. The largest absolute Gasteiger partial charge is 0.480 e. The van der Waals surface area contributed by atoms with Crippen LogP contribution in [0, 0.1) is 6.92 Å². The molecule has 0 aliphatic heterocycles. The van der Waals surface area contributed by atoms with E-state index in [1.54, 1.807) is 19.2 Å². The third-order valence-corrected chi connectivity index (χ3v) is 2.74. The van der Waals surface area contributed by atoms with Crippen molar-refractivity contribution < 1.29 is 19.8 Å². The number of anilines is 1. The minimum Gasteiger partial charge on any atom is -0.480 e. The summed E-state index contributed by atoms with van der Waals surface area (Å²) in [6.07, 6.45) is -0.0250. The van der Waals surface area contributed by atoms with Crippen LogP contribution in [0.25, 0.3) is 0 Å². The van der Waals surface area contributed by atoms with E-state index in [1.165, 1.54) is 4.90 Å². The lowest BCUT2D eigenvalue weighted by atomic mass is 10.2. The highest BCUT2D eigenvalue weighted by Gasteiger charge is 2.21. The lowest BCUT2D eigenvalue weighted by molar-refractivity contribution is -0.139. The summed E-state index contributed by atoms with van der Waals surface area (Å²) in [6.45, 7) is 1.64. The molecule has 1 rings (SSSR count). The summed E-state index contributed by atoms with van der Waals surface area (Å²) in [5, 5.41) is 20.0. The molecule has 0 aliphatic carbocycles. The van der Waals surface area contributed by atoms with Crippen LogP contribution in [0.2, 0.25) is 0 Å². The fourth-order valence-electron chi connectivity index (χ4n) is 1.52. The minimum atomic E-state index is -1.17. The van der Waals surface area contributed by atoms with Crippen molar-refractivity contribution in [2.24, 2.45) is 0 Å². The van der Waals surface area contributed by atoms with Crippen LogP contribution in [0.4, 0.5) is 10.5 Å². The van der Waals surface area contributed by atoms with E-state index in [1.807, 2.05) is 19.1 Å². The topological polar surface area (TPSA) is 89.9 Å². The van der Waals surface area contributed by atoms with Gasteiger partial charge in [-0.2, -0.15) is 0 Å². The predicted octanol–water partition coefficient (Wildman–Crippen LogP) is 0.976. The first-order chi connectivity index (χ1) is 8.95. The molecule has 0 radical (unpaired) electrons. The smallest absolute Gasteiger partial charge is 0.326 e. The Bertz CT molecular complexity index is 444. The lowest BCUT2D eigenvalue weighted by Crippen LogP contribution is -2.47. The van der Waals surface area contributed by atoms with Crippen LogP contribution < -0.4 is 10.2 Å². The number of carboxylic acid groups (broad SMARTS) is 1. The van der Waals surface area contributed by atoms with Gasteiger partial charge in [-0.05, 0) is 19.1 Å². The summed E-state index contributed by atoms with van der Waals surface area (Å²) < 4.78 is 0. The molecule has 2 amide bonds. The van der Waals surface area contributed by atoms with E-state index in [0.717, 1.165) is 5.56 Å². The highest BCUT2D eigenvalue weighted by Crippen LogP contribution is 2.13. The van der Waals surface area contributed by atoms with Crippen molar-refractivity contribution in [3.63, 3.8) is 0 Å². The van der Waals surface area contributed by atoms with Crippen molar-refractivity contribution in [3.05, 3.63) is 29.8 Å². The Labute approximate surface area is 111 Å². The van der Waals surface area contributed by atoms with E-state index >= 15 is 0 Å². The van der Waals surface area contributed by atoms with Crippen molar-refractivity contribution in [2.45, 2.75) is 19.4 Å². The number of aliphatic hydroxyl groups is 1. The number of aliphatic hydroxyl groups excluding tert-OH is 1. The number of benzene rings is 1. The van der Waals surface area contributed by atoms with E-state index in [4.69, 9.17) is 10.2 Å². The van der Waals surface area contributed by atoms with Crippen LogP contribution in [-0.4, -0.2) is 41.9 Å². The van der Waals surface area contributed by atoms with Crippen molar-refractivity contribution in [1.29, 1.82) is 0 Å². The molecule has 0 saturated carbocycles. The molecule has 19 heavy (non-hydrogen) atoms. The van der Waals surface area contributed by atoms with Crippen LogP contribution in [0.15, 0.2) is 24.3 Å². The molecule has 6 nitrogen and oxygen atoms in total. The van der Waals surface area contributed by atoms with Gasteiger partial charge in [0.25, 0.3) is 0 Å². The summed E-state index contributed by atoms with van der Waals surface area (Å²) >= 11 is 0. The number of rotatable bonds is 5. The number of nitrogens with zero attached hydrogens (tertiary/aromatic N) is 1. The quantitative estimate of drug-likeness (QED) is 0.741. The molecular weight excluding hydrogens is 248 g/mol. The molecule has 1 aromatic rings. The summed E-state index contributed by atoms with van der Waals surface area (Å²) in [6, 6.07) is 5.66. The Hall–Kier alpha value is -2.08. The van der Waals surface area contributed by atoms with E-state index in [0.29, 0.717) is 5.69 Å². The van der Waals surface area contributed by atoms with Gasteiger partial charge in [0.1, 0.15) is 6.04 Å². The van der Waals surface area contributed by atoms with Crippen molar-refractivity contribution in [2.75, 3.05) is 18.6 Å². The number of carbonyl (C=O) groups excluding carboxylic acids is 1. The molecule has 0 fully saturated rings. The number of amides is 2. The molecule has 0 aromatic heterocycles. The standard InChI is InChI=1S/C13H18N2O4/c1-9-3-5-10(6-4-9)15(2)13(19)14-11(7-8-16)12(17)18/h3-6,11,16H,7-8H2,1-2H3,(H,14,19)(H,17,18)/t11-/m1/s1. The van der Waals surface area contributed by atoms with Crippen LogP contribution in [0.3, 0.4) is 0 Å². The summed E-state index contributed by atoms with van der Waals surface area (Å²) in [7, 11) is 1.55. The molecular formula is C13H18N2O4. The molecule has 0 bridgehead atoms. The van der Waals surface area contributed by atoms with E-state index < -0.39 is 18.0 Å². The Morgan fingerprint density at radius 3 is 2.37 bits per heavy atom. The molecule has 0 unspecified atom stereocenters. The number of aryl methyl sites for hydroxylation is 1. The second-order valence-electron chi connectivity index (χ2n) is 4.25. The van der Waals surface area contributed by atoms with Gasteiger partial charge in [-0.1, -0.05) is 17.7 Å². The molecule has 0 heterocycles. The Kier molecular flexibility index (Phi) is 5.32. The summed E-state index contributed by atoms with van der Waals surface area (Å²) in [5.74, 6) is -1.17. The van der Waals surface area contributed by atoms with E-state index in [2.05, 4.69) is 5.32 Å². The zero-order valence-electron chi connectivity index (χ0n) is 11.0. The second-order valence-corrected chi connectivity index (χ2v) is 4.25. The average Bonchev–Trinajstić information content (AvgIpc) is 2.38. The van der Waals surface area contributed by atoms with Crippen molar-refractivity contribution >= 4 is 17.7 Å². The maximum atomic E-state index is 11.9. The lowest BCUT2D eigenvalue weighted by Gasteiger charge is -2.21. The van der Waals surface area contributed by atoms with E-state index in [9.17, 15) is 9.59 Å². The van der Waals surface area contributed by atoms with Gasteiger partial charge < -0.3 is 15.5 Å². The van der Waals surface area contributed by atoms with Crippen LogP contribution in [-0.2, 0) is 4.79 Å². The zero-order chi connectivity index (χ0) is 14.4. The number of hydrogen-bond donors (Lipinski definition) is 3. The monoisotopic (exact) mass is 266 g/mol. The normalized spacial score (nSPS) is 11.7. The SMILES string of the molecule is Cc1ccc(N(C)C(=O)N[C@H](CCO)C(=O)O)cc1. The van der Waals surface area contributed by atoms with Gasteiger partial charge in [0.05, 0.1) is 0 Å². The highest BCUT2D eigenvalue weighted by molar-refractivity contribution is 5.93. The maximum absolute atomic E-state index is 11.9. The summed E-state index contributed by atoms with van der Waals surface area (Å²) in [4.78, 5) is 24.1. The third-order valence-electron chi connectivity index (χ3n) is 2.74. The van der Waals surface area contributed by atoms with Gasteiger partial charge in [-0.25, -0.2) is 9.59 Å². The first-order valence-electron chi connectivity index (χ1n) is 5.90. The van der Waals surface area contributed by atoms with Gasteiger partial charge in [0.2, 0.25) is 0 Å². The molecule has 0 aliphatic rings. The number of urea groups is 1. The van der Waals surface area contributed by atoms with E-state index in [-0.39, 0.29) is 13.0 Å². The van der Waals surface area contributed by atoms with Crippen LogP contribution in [0.5, 0.6) is 0 Å². The fourth-order valence-corrected chi connectivity index (χ4v) is 1.52. The number of carboxylic acids is 1. The molecule has 1 aromatic carbocycles.